The molecular formula is C20H28ClN3O2S. The van der Waals surface area contributed by atoms with Crippen molar-refractivity contribution >= 4 is 34.3 Å². The van der Waals surface area contributed by atoms with Gasteiger partial charge in [-0.3, -0.25) is 14.3 Å². The summed E-state index contributed by atoms with van der Waals surface area (Å²) in [7, 11) is 0. The van der Waals surface area contributed by atoms with Crippen molar-refractivity contribution in [1.82, 2.24) is 14.5 Å². The monoisotopic (exact) mass is 409 g/mol. The first kappa shape index (κ1) is 20.6. The Labute approximate surface area is 170 Å². The number of benzene rings is 1. The Morgan fingerprint density at radius 1 is 1.33 bits per heavy atom. The van der Waals surface area contributed by atoms with Crippen LogP contribution < -0.4 is 5.56 Å². The van der Waals surface area contributed by atoms with Gasteiger partial charge in [0.2, 0.25) is 0 Å². The number of nitrogens with zero attached hydrogens (tertiary/aromatic N) is 3. The number of aromatic nitrogens is 2. The molecule has 2 aromatic rings. The second-order valence-electron chi connectivity index (χ2n) is 7.78. The van der Waals surface area contributed by atoms with E-state index in [9.17, 15) is 4.79 Å². The lowest BCUT2D eigenvalue weighted by molar-refractivity contribution is -0.0191. The van der Waals surface area contributed by atoms with Crippen molar-refractivity contribution < 1.29 is 4.74 Å². The van der Waals surface area contributed by atoms with Gasteiger partial charge in [-0.25, -0.2) is 4.98 Å². The second-order valence-corrected chi connectivity index (χ2v) is 9.21. The van der Waals surface area contributed by atoms with Crippen LogP contribution in [0.1, 0.15) is 33.7 Å². The van der Waals surface area contributed by atoms with Crippen LogP contribution in [0.5, 0.6) is 0 Å². The number of hydrogen-bond donors (Lipinski definition) is 0. The predicted octanol–water partition coefficient (Wildman–Crippen LogP) is 4.08. The average molecular weight is 410 g/mol. The molecule has 148 valence electrons. The van der Waals surface area contributed by atoms with Gasteiger partial charge in [0.05, 0.1) is 23.6 Å². The number of hydrogen-bond acceptors (Lipinski definition) is 5. The molecule has 1 aliphatic heterocycles. The molecule has 1 aliphatic rings. The minimum absolute atomic E-state index is 0.0137. The van der Waals surface area contributed by atoms with E-state index >= 15 is 0 Å². The molecule has 1 unspecified atom stereocenters. The molecule has 7 heteroatoms. The maximum atomic E-state index is 13.0. The van der Waals surface area contributed by atoms with Crippen molar-refractivity contribution in [2.45, 2.75) is 45.0 Å². The standard InChI is InChI=1S/C20H28ClN3O2S/c1-13(2)10-23-7-8-26-16(11-23)12-27-20-22-18-9-15(21)5-6-17(18)19(25)24(20)14(3)4/h5-6,9,13-14,16H,7-8,10-12H2,1-4H3. The van der Waals surface area contributed by atoms with E-state index in [-0.39, 0.29) is 17.7 Å². The number of halogens is 1. The molecule has 0 N–H and O–H groups in total. The average Bonchev–Trinajstić information content (AvgIpc) is 2.59. The molecule has 0 amide bonds. The fraction of sp³-hybridized carbons (Fsp3) is 0.600. The van der Waals surface area contributed by atoms with Gasteiger partial charge in [0.1, 0.15) is 0 Å². The maximum absolute atomic E-state index is 13.0. The van der Waals surface area contributed by atoms with Crippen LogP contribution >= 0.6 is 23.4 Å². The molecule has 1 aromatic heterocycles. The third kappa shape index (κ3) is 5.05. The molecule has 0 radical (unpaired) electrons. The maximum Gasteiger partial charge on any atom is 0.262 e. The van der Waals surface area contributed by atoms with E-state index in [1.807, 2.05) is 13.8 Å². The summed E-state index contributed by atoms with van der Waals surface area (Å²) < 4.78 is 7.72. The van der Waals surface area contributed by atoms with Crippen LogP contribution in [0.4, 0.5) is 0 Å². The van der Waals surface area contributed by atoms with Gasteiger partial charge in [-0.1, -0.05) is 37.2 Å². The summed E-state index contributed by atoms with van der Waals surface area (Å²) in [5, 5.41) is 1.93. The molecule has 1 fully saturated rings. The SMILES string of the molecule is CC(C)CN1CCOC(CSc2nc3cc(Cl)ccc3c(=O)n2C(C)C)C1. The topological polar surface area (TPSA) is 47.4 Å². The van der Waals surface area contributed by atoms with Crippen molar-refractivity contribution in [3.63, 3.8) is 0 Å². The predicted molar refractivity (Wildman–Crippen MR) is 113 cm³/mol. The zero-order chi connectivity index (χ0) is 19.6. The Morgan fingerprint density at radius 2 is 2.11 bits per heavy atom. The van der Waals surface area contributed by atoms with Gasteiger partial charge in [0, 0.05) is 36.5 Å². The van der Waals surface area contributed by atoms with E-state index < -0.39 is 0 Å². The smallest absolute Gasteiger partial charge is 0.262 e. The summed E-state index contributed by atoms with van der Waals surface area (Å²) in [4.78, 5) is 20.2. The van der Waals surface area contributed by atoms with E-state index in [0.717, 1.165) is 37.2 Å². The molecule has 0 aliphatic carbocycles. The highest BCUT2D eigenvalue weighted by atomic mass is 35.5. The highest BCUT2D eigenvalue weighted by Gasteiger charge is 2.22. The molecule has 1 saturated heterocycles. The van der Waals surface area contributed by atoms with Gasteiger partial charge in [0.15, 0.2) is 5.16 Å². The Morgan fingerprint density at radius 3 is 2.81 bits per heavy atom. The van der Waals surface area contributed by atoms with Crippen LogP contribution in [0.15, 0.2) is 28.2 Å². The summed E-state index contributed by atoms with van der Waals surface area (Å²) >= 11 is 7.70. The first-order valence-electron chi connectivity index (χ1n) is 9.53. The lowest BCUT2D eigenvalue weighted by Gasteiger charge is -2.33. The van der Waals surface area contributed by atoms with Crippen LogP contribution in [0, 0.1) is 5.92 Å². The van der Waals surface area contributed by atoms with Gasteiger partial charge >= 0.3 is 0 Å². The molecule has 2 heterocycles. The number of fused-ring (bicyclic) bond motifs is 1. The molecule has 0 bridgehead atoms. The molecule has 27 heavy (non-hydrogen) atoms. The summed E-state index contributed by atoms with van der Waals surface area (Å²) in [6.45, 7) is 12.3. The van der Waals surface area contributed by atoms with Crippen LogP contribution in [0.25, 0.3) is 10.9 Å². The quantitative estimate of drug-likeness (QED) is 0.531. The Hall–Kier alpha value is -1.08. The Bertz CT molecular complexity index is 853. The summed E-state index contributed by atoms with van der Waals surface area (Å²) in [6.07, 6.45) is 0.148. The summed E-state index contributed by atoms with van der Waals surface area (Å²) in [5.74, 6) is 1.43. The second kappa shape index (κ2) is 8.95. The van der Waals surface area contributed by atoms with Crippen molar-refractivity contribution in [2.75, 3.05) is 32.0 Å². The first-order chi connectivity index (χ1) is 12.8. The largest absolute Gasteiger partial charge is 0.375 e. The van der Waals surface area contributed by atoms with Gasteiger partial charge in [-0.2, -0.15) is 0 Å². The van der Waals surface area contributed by atoms with E-state index in [2.05, 4.69) is 18.7 Å². The van der Waals surface area contributed by atoms with Crippen LogP contribution in [0.2, 0.25) is 5.02 Å². The summed E-state index contributed by atoms with van der Waals surface area (Å²) in [6, 6.07) is 5.30. The van der Waals surface area contributed by atoms with Crippen molar-refractivity contribution in [2.24, 2.45) is 5.92 Å². The lowest BCUT2D eigenvalue weighted by Crippen LogP contribution is -2.44. The number of rotatable bonds is 6. The van der Waals surface area contributed by atoms with Crippen molar-refractivity contribution in [3.8, 4) is 0 Å². The highest BCUT2D eigenvalue weighted by Crippen LogP contribution is 2.24. The zero-order valence-corrected chi connectivity index (χ0v) is 18.0. The highest BCUT2D eigenvalue weighted by molar-refractivity contribution is 7.99. The summed E-state index contributed by atoms with van der Waals surface area (Å²) in [5.41, 5.74) is 0.637. The van der Waals surface area contributed by atoms with Crippen LogP contribution in [-0.2, 0) is 4.74 Å². The van der Waals surface area contributed by atoms with Gasteiger partial charge in [0.25, 0.3) is 5.56 Å². The molecule has 5 nitrogen and oxygen atoms in total. The van der Waals surface area contributed by atoms with Crippen molar-refractivity contribution in [1.29, 1.82) is 0 Å². The van der Waals surface area contributed by atoms with Crippen molar-refractivity contribution in [3.05, 3.63) is 33.6 Å². The minimum atomic E-state index is -0.0137. The fourth-order valence-electron chi connectivity index (χ4n) is 3.44. The molecular weight excluding hydrogens is 382 g/mol. The number of ether oxygens (including phenoxy) is 1. The van der Waals surface area contributed by atoms with E-state index in [4.69, 9.17) is 21.3 Å². The Kier molecular flexibility index (Phi) is 6.84. The minimum Gasteiger partial charge on any atom is -0.375 e. The van der Waals surface area contributed by atoms with Crippen LogP contribution in [-0.4, -0.2) is 52.5 Å². The molecule has 1 aromatic carbocycles. The van der Waals surface area contributed by atoms with E-state index in [0.29, 0.717) is 21.8 Å². The van der Waals surface area contributed by atoms with Crippen LogP contribution in [0.3, 0.4) is 0 Å². The Balaban J connectivity index is 1.81. The molecule has 1 atom stereocenters. The number of morpholine rings is 1. The van der Waals surface area contributed by atoms with Gasteiger partial charge < -0.3 is 4.74 Å². The third-order valence-corrected chi connectivity index (χ3v) is 5.91. The molecule has 0 saturated carbocycles. The lowest BCUT2D eigenvalue weighted by atomic mass is 10.2. The first-order valence-corrected chi connectivity index (χ1v) is 10.9. The molecule has 0 spiro atoms. The third-order valence-electron chi connectivity index (χ3n) is 4.59. The fourth-order valence-corrected chi connectivity index (χ4v) is 4.74. The number of thioether (sulfide) groups is 1. The van der Waals surface area contributed by atoms with Gasteiger partial charge in [-0.15, -0.1) is 0 Å². The zero-order valence-electron chi connectivity index (χ0n) is 16.4. The normalized spacial score (nSPS) is 18.7. The van der Waals surface area contributed by atoms with E-state index in [1.54, 1.807) is 34.5 Å². The molecule has 3 rings (SSSR count). The van der Waals surface area contributed by atoms with Gasteiger partial charge in [-0.05, 0) is 38.0 Å². The van der Waals surface area contributed by atoms with E-state index in [1.165, 1.54) is 0 Å².